The Hall–Kier alpha value is -0.380. The first-order valence-electron chi connectivity index (χ1n) is 3.17. The summed E-state index contributed by atoms with van der Waals surface area (Å²) in [6.07, 6.45) is -0.958. The van der Waals surface area contributed by atoms with E-state index in [1.807, 2.05) is 20.8 Å². The van der Waals surface area contributed by atoms with E-state index < -0.39 is 6.09 Å². The maximum absolute atomic E-state index is 10.1. The van der Waals surface area contributed by atoms with E-state index in [2.05, 4.69) is 5.32 Å². The summed E-state index contributed by atoms with van der Waals surface area (Å²) >= 11 is 1.59. The lowest BCUT2D eigenvalue weighted by Gasteiger charge is -2.12. The van der Waals surface area contributed by atoms with E-state index in [9.17, 15) is 4.79 Å². The first-order chi connectivity index (χ1) is 4.52. The van der Waals surface area contributed by atoms with Crippen LogP contribution in [0.15, 0.2) is 0 Å². The van der Waals surface area contributed by atoms with Gasteiger partial charge in [0.25, 0.3) is 0 Å². The highest BCUT2D eigenvalue weighted by atomic mass is 32.2. The van der Waals surface area contributed by atoms with Gasteiger partial charge in [-0.05, 0) is 6.92 Å². The number of rotatable bonds is 3. The highest BCUT2D eigenvalue weighted by Crippen LogP contribution is 2.13. The Morgan fingerprint density at radius 2 is 2.00 bits per heavy atom. The molecule has 0 saturated heterocycles. The summed E-state index contributed by atoms with van der Waals surface area (Å²) in [6, 6.07) is 0. The van der Waals surface area contributed by atoms with Crippen LogP contribution >= 0.6 is 11.8 Å². The van der Waals surface area contributed by atoms with Gasteiger partial charge in [-0.25, -0.2) is 4.79 Å². The zero-order chi connectivity index (χ0) is 8.15. The largest absolute Gasteiger partial charge is 0.465 e. The van der Waals surface area contributed by atoms with Crippen LogP contribution in [0.1, 0.15) is 20.8 Å². The SMILES string of the molecule is CC(C)SC(C)NC(=O)O. The van der Waals surface area contributed by atoms with Crippen molar-refractivity contribution in [1.82, 2.24) is 5.32 Å². The molecule has 0 aromatic carbocycles. The lowest BCUT2D eigenvalue weighted by atomic mass is 10.6. The van der Waals surface area contributed by atoms with E-state index >= 15 is 0 Å². The van der Waals surface area contributed by atoms with Crippen LogP contribution in [-0.4, -0.2) is 21.8 Å². The lowest BCUT2D eigenvalue weighted by Crippen LogP contribution is -2.29. The van der Waals surface area contributed by atoms with Gasteiger partial charge >= 0.3 is 6.09 Å². The van der Waals surface area contributed by atoms with Gasteiger partial charge in [0.2, 0.25) is 0 Å². The molecule has 0 heterocycles. The summed E-state index contributed by atoms with van der Waals surface area (Å²) < 4.78 is 0. The van der Waals surface area contributed by atoms with Crippen LogP contribution in [0.25, 0.3) is 0 Å². The zero-order valence-corrected chi connectivity index (χ0v) is 7.23. The summed E-state index contributed by atoms with van der Waals surface area (Å²) in [5.41, 5.74) is 0. The molecule has 2 N–H and O–H groups in total. The van der Waals surface area contributed by atoms with Crippen molar-refractivity contribution < 1.29 is 9.90 Å². The van der Waals surface area contributed by atoms with Gasteiger partial charge in [-0.15, -0.1) is 11.8 Å². The fourth-order valence-corrected chi connectivity index (χ4v) is 1.60. The third-order valence-electron chi connectivity index (χ3n) is 0.803. The Kier molecular flexibility index (Phi) is 4.27. The number of amides is 1. The van der Waals surface area contributed by atoms with Crippen molar-refractivity contribution in [3.63, 3.8) is 0 Å². The highest BCUT2D eigenvalue weighted by Gasteiger charge is 2.06. The number of thioether (sulfide) groups is 1. The molecule has 1 amide bonds. The van der Waals surface area contributed by atoms with Gasteiger partial charge in [-0.3, -0.25) is 0 Å². The molecule has 0 aliphatic carbocycles. The first kappa shape index (κ1) is 9.62. The summed E-state index contributed by atoms with van der Waals surface area (Å²) in [5, 5.41) is 11.1. The van der Waals surface area contributed by atoms with Crippen molar-refractivity contribution >= 4 is 17.9 Å². The van der Waals surface area contributed by atoms with Crippen molar-refractivity contribution in [2.45, 2.75) is 31.4 Å². The van der Waals surface area contributed by atoms with E-state index in [4.69, 9.17) is 5.11 Å². The van der Waals surface area contributed by atoms with Crippen LogP contribution in [0.5, 0.6) is 0 Å². The minimum absolute atomic E-state index is 0.0162. The summed E-state index contributed by atoms with van der Waals surface area (Å²) in [5.74, 6) is 0. The third kappa shape index (κ3) is 5.75. The molecule has 1 unspecified atom stereocenters. The van der Waals surface area contributed by atoms with Crippen molar-refractivity contribution in [2.24, 2.45) is 0 Å². The number of carboxylic acid groups (broad SMARTS) is 1. The van der Waals surface area contributed by atoms with E-state index in [-0.39, 0.29) is 5.37 Å². The minimum atomic E-state index is -0.958. The smallest absolute Gasteiger partial charge is 0.405 e. The zero-order valence-electron chi connectivity index (χ0n) is 6.42. The molecule has 0 aliphatic rings. The topological polar surface area (TPSA) is 49.3 Å². The fraction of sp³-hybridized carbons (Fsp3) is 0.833. The molecule has 0 aromatic heterocycles. The number of carbonyl (C=O) groups is 1. The summed E-state index contributed by atoms with van der Waals surface area (Å²) in [4.78, 5) is 10.1. The van der Waals surface area contributed by atoms with Crippen LogP contribution in [0, 0.1) is 0 Å². The maximum atomic E-state index is 10.1. The molecular weight excluding hydrogens is 150 g/mol. The van der Waals surface area contributed by atoms with Crippen molar-refractivity contribution in [1.29, 1.82) is 0 Å². The Morgan fingerprint density at radius 3 is 2.30 bits per heavy atom. The number of hydrogen-bond donors (Lipinski definition) is 2. The second-order valence-corrected chi connectivity index (χ2v) is 4.20. The van der Waals surface area contributed by atoms with Crippen molar-refractivity contribution in [3.8, 4) is 0 Å². The van der Waals surface area contributed by atoms with Gasteiger partial charge in [0.15, 0.2) is 0 Å². The Morgan fingerprint density at radius 1 is 1.50 bits per heavy atom. The van der Waals surface area contributed by atoms with Gasteiger partial charge in [0.1, 0.15) is 0 Å². The molecule has 3 nitrogen and oxygen atoms in total. The molecule has 0 aliphatic heterocycles. The predicted octanol–water partition coefficient (Wildman–Crippen LogP) is 1.74. The predicted molar refractivity (Wildman–Crippen MR) is 43.3 cm³/mol. The molecule has 60 valence electrons. The van der Waals surface area contributed by atoms with Gasteiger partial charge < -0.3 is 10.4 Å². The second kappa shape index (κ2) is 4.44. The van der Waals surface area contributed by atoms with Crippen molar-refractivity contribution in [3.05, 3.63) is 0 Å². The fourth-order valence-electron chi connectivity index (χ4n) is 0.616. The molecule has 0 rings (SSSR count). The lowest BCUT2D eigenvalue weighted by molar-refractivity contribution is 0.194. The van der Waals surface area contributed by atoms with Gasteiger partial charge in [0, 0.05) is 5.25 Å². The van der Waals surface area contributed by atoms with E-state index in [0.29, 0.717) is 5.25 Å². The monoisotopic (exact) mass is 163 g/mol. The quantitative estimate of drug-likeness (QED) is 0.623. The van der Waals surface area contributed by atoms with Crippen LogP contribution in [0.2, 0.25) is 0 Å². The van der Waals surface area contributed by atoms with Crippen LogP contribution < -0.4 is 5.32 Å². The summed E-state index contributed by atoms with van der Waals surface area (Å²) in [6.45, 7) is 5.90. The molecule has 0 saturated carbocycles. The van der Waals surface area contributed by atoms with Crippen LogP contribution in [0.3, 0.4) is 0 Å². The third-order valence-corrected chi connectivity index (χ3v) is 1.87. The van der Waals surface area contributed by atoms with Gasteiger partial charge in [0.05, 0.1) is 5.37 Å². The molecule has 0 radical (unpaired) electrons. The van der Waals surface area contributed by atoms with E-state index in [1.165, 1.54) is 0 Å². The maximum Gasteiger partial charge on any atom is 0.405 e. The average molecular weight is 163 g/mol. The average Bonchev–Trinajstić information content (AvgIpc) is 1.58. The van der Waals surface area contributed by atoms with Crippen LogP contribution in [-0.2, 0) is 0 Å². The minimum Gasteiger partial charge on any atom is -0.465 e. The standard InChI is InChI=1S/C6H13NO2S/c1-4(2)10-5(3)7-6(8)9/h4-5,7H,1-3H3,(H,8,9). The molecule has 0 aromatic rings. The molecule has 10 heavy (non-hydrogen) atoms. The molecule has 1 atom stereocenters. The first-order valence-corrected chi connectivity index (χ1v) is 4.11. The number of hydrogen-bond acceptors (Lipinski definition) is 2. The highest BCUT2D eigenvalue weighted by molar-refractivity contribution is 8.00. The van der Waals surface area contributed by atoms with Crippen molar-refractivity contribution in [2.75, 3.05) is 0 Å². The van der Waals surface area contributed by atoms with Gasteiger partial charge in [-0.2, -0.15) is 0 Å². The van der Waals surface area contributed by atoms with E-state index in [0.717, 1.165) is 0 Å². The Labute approximate surface area is 65.2 Å². The number of nitrogens with one attached hydrogen (secondary N) is 1. The molecular formula is C6H13NO2S. The molecule has 0 fully saturated rings. The van der Waals surface area contributed by atoms with E-state index in [1.54, 1.807) is 11.8 Å². The molecule has 4 heteroatoms. The summed E-state index contributed by atoms with van der Waals surface area (Å²) in [7, 11) is 0. The van der Waals surface area contributed by atoms with Crippen LogP contribution in [0.4, 0.5) is 4.79 Å². The normalized spacial score (nSPS) is 13.2. The second-order valence-electron chi connectivity index (χ2n) is 2.28. The molecule has 0 bridgehead atoms. The Bertz CT molecular complexity index is 116. The van der Waals surface area contributed by atoms with Gasteiger partial charge in [-0.1, -0.05) is 13.8 Å². The Balaban J connectivity index is 3.43. The molecule has 0 spiro atoms.